The van der Waals surface area contributed by atoms with Gasteiger partial charge < -0.3 is 5.32 Å². The quantitative estimate of drug-likeness (QED) is 0.777. The molecule has 3 rings (SSSR count). The highest BCUT2D eigenvalue weighted by Gasteiger charge is 2.28. The second kappa shape index (κ2) is 3.92. The molecule has 0 fully saturated rings. The molecular weight excluding hydrogens is 214 g/mol. The third-order valence-electron chi connectivity index (χ3n) is 3.48. The van der Waals surface area contributed by atoms with Crippen molar-refractivity contribution in [3.63, 3.8) is 0 Å². The molecule has 0 aliphatic carbocycles. The third-order valence-corrected chi connectivity index (χ3v) is 3.48. The monoisotopic (exact) mass is 229 g/mol. The standard InChI is InChI=1S/C12H15N5/c1-7-8(2)15-6-9-10(7)16-17-11(9)12-13-4-3-5-14-12/h3-5,7-8,15H,6H2,1-2H3,(H,16,17)/t7-,8-/m1/s1. The molecule has 2 atom stereocenters. The minimum atomic E-state index is 0.434. The lowest BCUT2D eigenvalue weighted by Gasteiger charge is -2.26. The van der Waals surface area contributed by atoms with Gasteiger partial charge in [0.2, 0.25) is 0 Å². The Morgan fingerprint density at radius 1 is 1.24 bits per heavy atom. The molecule has 2 aromatic heterocycles. The topological polar surface area (TPSA) is 66.5 Å². The maximum absolute atomic E-state index is 4.36. The van der Waals surface area contributed by atoms with E-state index >= 15 is 0 Å². The third kappa shape index (κ3) is 1.63. The highest BCUT2D eigenvalue weighted by molar-refractivity contribution is 5.57. The molecule has 88 valence electrons. The van der Waals surface area contributed by atoms with Crippen LogP contribution in [-0.2, 0) is 6.54 Å². The number of nitrogens with one attached hydrogen (secondary N) is 2. The van der Waals surface area contributed by atoms with Crippen LogP contribution in [0.2, 0.25) is 0 Å². The summed E-state index contributed by atoms with van der Waals surface area (Å²) >= 11 is 0. The van der Waals surface area contributed by atoms with Gasteiger partial charge in [-0.05, 0) is 13.0 Å². The van der Waals surface area contributed by atoms with Gasteiger partial charge in [0.25, 0.3) is 0 Å². The first-order chi connectivity index (χ1) is 8.27. The Morgan fingerprint density at radius 3 is 2.76 bits per heavy atom. The van der Waals surface area contributed by atoms with Gasteiger partial charge in [-0.15, -0.1) is 0 Å². The van der Waals surface area contributed by atoms with E-state index in [1.165, 1.54) is 11.3 Å². The summed E-state index contributed by atoms with van der Waals surface area (Å²) in [6, 6.07) is 2.28. The molecule has 0 aromatic carbocycles. The summed E-state index contributed by atoms with van der Waals surface area (Å²) in [5, 5.41) is 11.0. The molecule has 0 amide bonds. The minimum absolute atomic E-state index is 0.434. The van der Waals surface area contributed by atoms with E-state index < -0.39 is 0 Å². The van der Waals surface area contributed by atoms with Crippen LogP contribution in [0.5, 0.6) is 0 Å². The average Bonchev–Trinajstić information content (AvgIpc) is 2.79. The Hall–Kier alpha value is -1.75. The smallest absolute Gasteiger partial charge is 0.180 e. The van der Waals surface area contributed by atoms with E-state index in [4.69, 9.17) is 0 Å². The average molecular weight is 229 g/mol. The van der Waals surface area contributed by atoms with Crippen molar-refractivity contribution in [2.24, 2.45) is 0 Å². The maximum Gasteiger partial charge on any atom is 0.180 e. The summed E-state index contributed by atoms with van der Waals surface area (Å²) in [5.41, 5.74) is 3.27. The molecule has 2 aromatic rings. The molecule has 0 saturated heterocycles. The molecule has 17 heavy (non-hydrogen) atoms. The summed E-state index contributed by atoms with van der Waals surface area (Å²) < 4.78 is 0. The zero-order chi connectivity index (χ0) is 11.8. The van der Waals surface area contributed by atoms with E-state index in [0.29, 0.717) is 17.8 Å². The molecule has 0 bridgehead atoms. The van der Waals surface area contributed by atoms with Crippen LogP contribution < -0.4 is 5.32 Å². The zero-order valence-corrected chi connectivity index (χ0v) is 9.94. The van der Waals surface area contributed by atoms with E-state index in [-0.39, 0.29) is 0 Å². The summed E-state index contributed by atoms with van der Waals surface area (Å²) in [6.45, 7) is 5.21. The van der Waals surface area contributed by atoms with E-state index in [1.807, 2.05) is 6.07 Å². The van der Waals surface area contributed by atoms with Gasteiger partial charge in [-0.25, -0.2) is 9.97 Å². The van der Waals surface area contributed by atoms with Crippen molar-refractivity contribution in [3.8, 4) is 11.5 Å². The Balaban J connectivity index is 2.08. The summed E-state index contributed by atoms with van der Waals surface area (Å²) in [7, 11) is 0. The van der Waals surface area contributed by atoms with Gasteiger partial charge in [0.05, 0.1) is 0 Å². The number of nitrogens with zero attached hydrogens (tertiary/aromatic N) is 3. The van der Waals surface area contributed by atoms with Crippen molar-refractivity contribution in [2.75, 3.05) is 0 Å². The van der Waals surface area contributed by atoms with Crippen LogP contribution in [0.25, 0.3) is 11.5 Å². The second-order valence-corrected chi connectivity index (χ2v) is 4.50. The lowest BCUT2D eigenvalue weighted by molar-refractivity contribution is 0.443. The van der Waals surface area contributed by atoms with E-state index in [9.17, 15) is 0 Å². The molecule has 3 heterocycles. The Labute approximate surface area is 99.7 Å². The van der Waals surface area contributed by atoms with Gasteiger partial charge in [-0.1, -0.05) is 6.92 Å². The van der Waals surface area contributed by atoms with Gasteiger partial charge in [-0.2, -0.15) is 5.10 Å². The van der Waals surface area contributed by atoms with Crippen molar-refractivity contribution in [1.29, 1.82) is 0 Å². The number of rotatable bonds is 1. The molecule has 5 nitrogen and oxygen atoms in total. The van der Waals surface area contributed by atoms with Gasteiger partial charge in [0.1, 0.15) is 5.69 Å². The first-order valence-corrected chi connectivity index (χ1v) is 5.85. The molecule has 5 heteroatoms. The fraction of sp³-hybridized carbons (Fsp3) is 0.417. The van der Waals surface area contributed by atoms with Crippen LogP contribution in [0.1, 0.15) is 31.0 Å². The summed E-state index contributed by atoms with van der Waals surface area (Å²) in [5.74, 6) is 1.12. The summed E-state index contributed by atoms with van der Waals surface area (Å²) in [4.78, 5) is 8.50. The molecule has 0 spiro atoms. The van der Waals surface area contributed by atoms with Crippen LogP contribution in [-0.4, -0.2) is 26.2 Å². The number of fused-ring (bicyclic) bond motifs is 1. The van der Waals surface area contributed by atoms with E-state index in [0.717, 1.165) is 12.2 Å². The lowest BCUT2D eigenvalue weighted by Crippen LogP contribution is -2.35. The fourth-order valence-corrected chi connectivity index (χ4v) is 2.23. The normalized spacial score (nSPS) is 23.4. The van der Waals surface area contributed by atoms with Gasteiger partial charge in [0, 0.05) is 42.2 Å². The van der Waals surface area contributed by atoms with Gasteiger partial charge in [0.15, 0.2) is 5.82 Å². The number of hydrogen-bond donors (Lipinski definition) is 2. The Kier molecular flexibility index (Phi) is 2.40. The highest BCUT2D eigenvalue weighted by atomic mass is 15.2. The van der Waals surface area contributed by atoms with Crippen molar-refractivity contribution in [2.45, 2.75) is 32.4 Å². The van der Waals surface area contributed by atoms with Crippen LogP contribution >= 0.6 is 0 Å². The van der Waals surface area contributed by atoms with E-state index in [2.05, 4.69) is 39.3 Å². The zero-order valence-electron chi connectivity index (χ0n) is 9.94. The molecule has 0 radical (unpaired) electrons. The van der Waals surface area contributed by atoms with Crippen molar-refractivity contribution < 1.29 is 0 Å². The predicted octanol–water partition coefficient (Wildman–Crippen LogP) is 1.46. The Morgan fingerprint density at radius 2 is 2.00 bits per heavy atom. The Bertz CT molecular complexity index is 519. The number of H-pyrrole nitrogens is 1. The predicted molar refractivity (Wildman–Crippen MR) is 64.3 cm³/mol. The van der Waals surface area contributed by atoms with Crippen molar-refractivity contribution in [3.05, 3.63) is 29.7 Å². The highest BCUT2D eigenvalue weighted by Crippen LogP contribution is 2.30. The van der Waals surface area contributed by atoms with Gasteiger partial charge >= 0.3 is 0 Å². The van der Waals surface area contributed by atoms with Gasteiger partial charge in [-0.3, -0.25) is 5.10 Å². The second-order valence-electron chi connectivity index (χ2n) is 4.50. The fourth-order valence-electron chi connectivity index (χ4n) is 2.23. The first kappa shape index (κ1) is 10.4. The SMILES string of the molecule is C[C@H]1NCc2c(-c3ncccn3)n[nH]c2[C@@H]1C. The van der Waals surface area contributed by atoms with Crippen LogP contribution in [0.3, 0.4) is 0 Å². The van der Waals surface area contributed by atoms with Crippen molar-refractivity contribution in [1.82, 2.24) is 25.5 Å². The molecule has 0 unspecified atom stereocenters. The van der Waals surface area contributed by atoms with Crippen molar-refractivity contribution >= 4 is 0 Å². The summed E-state index contributed by atoms with van der Waals surface area (Å²) in [6.07, 6.45) is 3.48. The number of aromatic nitrogens is 4. The van der Waals surface area contributed by atoms with Crippen LogP contribution in [0, 0.1) is 0 Å². The first-order valence-electron chi connectivity index (χ1n) is 5.85. The minimum Gasteiger partial charge on any atom is -0.309 e. The number of hydrogen-bond acceptors (Lipinski definition) is 4. The molecule has 1 aliphatic heterocycles. The lowest BCUT2D eigenvalue weighted by atomic mass is 9.91. The molecule has 2 N–H and O–H groups in total. The molecular formula is C12H15N5. The largest absolute Gasteiger partial charge is 0.309 e. The maximum atomic E-state index is 4.36. The van der Waals surface area contributed by atoms with Crippen LogP contribution in [0.4, 0.5) is 0 Å². The van der Waals surface area contributed by atoms with E-state index in [1.54, 1.807) is 12.4 Å². The molecule has 0 saturated carbocycles. The van der Waals surface area contributed by atoms with Crippen LogP contribution in [0.15, 0.2) is 18.5 Å². The molecule has 1 aliphatic rings. The number of aromatic amines is 1.